The number of phenolic OH excluding ortho intramolecular Hbond substituents is 1. The van der Waals surface area contributed by atoms with Crippen molar-refractivity contribution in [3.05, 3.63) is 24.0 Å². The Morgan fingerprint density at radius 2 is 2.00 bits per heavy atom. The van der Waals surface area contributed by atoms with E-state index in [1.807, 2.05) is 0 Å². The zero-order valence-electron chi connectivity index (χ0n) is 5.04. The molecule has 56 valence electrons. The number of hydrogen-bond acceptors (Lipinski definition) is 2. The Kier molecular flexibility index (Phi) is 2.96. The van der Waals surface area contributed by atoms with Gasteiger partial charge in [-0.1, -0.05) is 6.07 Å². The van der Waals surface area contributed by atoms with Gasteiger partial charge in [0.1, 0.15) is 0 Å². The molecule has 0 unspecified atom stereocenters. The van der Waals surface area contributed by atoms with Crippen molar-refractivity contribution in [2.45, 2.75) is 0 Å². The molecule has 1 aromatic rings. The molecular formula is C6H7ClFNO. The van der Waals surface area contributed by atoms with Crippen LogP contribution in [-0.2, 0) is 0 Å². The molecule has 10 heavy (non-hydrogen) atoms. The second-order valence-electron chi connectivity index (χ2n) is 1.68. The first-order valence-corrected chi connectivity index (χ1v) is 2.45. The number of phenols is 1. The van der Waals surface area contributed by atoms with E-state index in [0.29, 0.717) is 0 Å². The van der Waals surface area contributed by atoms with Crippen molar-refractivity contribution in [3.8, 4) is 5.75 Å². The molecule has 0 spiro atoms. The third-order valence-corrected chi connectivity index (χ3v) is 1.02. The number of nitrogens with two attached hydrogens (primary N) is 1. The van der Waals surface area contributed by atoms with Crippen molar-refractivity contribution in [1.82, 2.24) is 0 Å². The Morgan fingerprint density at radius 1 is 1.40 bits per heavy atom. The molecule has 0 aromatic heterocycles. The maximum atomic E-state index is 12.2. The fourth-order valence-corrected chi connectivity index (χ4v) is 0.532. The first-order valence-electron chi connectivity index (χ1n) is 2.45. The van der Waals surface area contributed by atoms with Crippen LogP contribution in [-0.4, -0.2) is 5.11 Å². The second-order valence-corrected chi connectivity index (χ2v) is 1.68. The smallest absolute Gasteiger partial charge is 0.174 e. The Bertz CT molecular complexity index is 209. The highest BCUT2D eigenvalue weighted by atomic mass is 35.5. The van der Waals surface area contributed by atoms with Crippen molar-refractivity contribution in [1.29, 1.82) is 0 Å². The minimum absolute atomic E-state index is 0. The molecule has 0 saturated heterocycles. The first-order chi connectivity index (χ1) is 4.22. The van der Waals surface area contributed by atoms with E-state index in [4.69, 9.17) is 10.8 Å². The SMILES string of the molecule is Cl.Nc1cccc(F)c1O. The summed E-state index contributed by atoms with van der Waals surface area (Å²) in [6.45, 7) is 0. The van der Waals surface area contributed by atoms with Gasteiger partial charge in [-0.3, -0.25) is 0 Å². The number of aromatic hydroxyl groups is 1. The number of para-hydroxylation sites is 1. The van der Waals surface area contributed by atoms with Gasteiger partial charge in [-0.05, 0) is 12.1 Å². The predicted molar refractivity (Wildman–Crippen MR) is 39.7 cm³/mol. The number of benzene rings is 1. The number of hydrogen-bond donors (Lipinski definition) is 2. The van der Waals surface area contributed by atoms with Crippen LogP contribution in [0, 0.1) is 5.82 Å². The summed E-state index contributed by atoms with van der Waals surface area (Å²) in [5.41, 5.74) is 5.20. The van der Waals surface area contributed by atoms with Crippen molar-refractivity contribution in [2.24, 2.45) is 0 Å². The minimum atomic E-state index is -0.685. The van der Waals surface area contributed by atoms with Crippen LogP contribution in [0.3, 0.4) is 0 Å². The van der Waals surface area contributed by atoms with Crippen LogP contribution < -0.4 is 5.73 Å². The topological polar surface area (TPSA) is 46.2 Å². The van der Waals surface area contributed by atoms with E-state index in [2.05, 4.69) is 0 Å². The zero-order chi connectivity index (χ0) is 6.85. The fourth-order valence-electron chi connectivity index (χ4n) is 0.532. The van der Waals surface area contributed by atoms with Crippen molar-refractivity contribution in [2.75, 3.05) is 5.73 Å². The van der Waals surface area contributed by atoms with Gasteiger partial charge < -0.3 is 10.8 Å². The molecule has 0 bridgehead atoms. The molecular weight excluding hydrogens is 157 g/mol. The van der Waals surface area contributed by atoms with Crippen LogP contribution in [0.1, 0.15) is 0 Å². The van der Waals surface area contributed by atoms with E-state index < -0.39 is 11.6 Å². The van der Waals surface area contributed by atoms with Crippen LogP contribution in [0.2, 0.25) is 0 Å². The lowest BCUT2D eigenvalue weighted by Gasteiger charge is -1.96. The van der Waals surface area contributed by atoms with Crippen LogP contribution in [0.15, 0.2) is 18.2 Å². The maximum absolute atomic E-state index is 12.2. The molecule has 0 aliphatic rings. The molecule has 2 nitrogen and oxygen atoms in total. The summed E-state index contributed by atoms with van der Waals surface area (Å²) < 4.78 is 12.2. The van der Waals surface area contributed by atoms with Crippen molar-refractivity contribution in [3.63, 3.8) is 0 Å². The van der Waals surface area contributed by atoms with Gasteiger partial charge in [-0.15, -0.1) is 12.4 Å². The second kappa shape index (κ2) is 3.27. The van der Waals surface area contributed by atoms with E-state index in [1.54, 1.807) is 0 Å². The van der Waals surface area contributed by atoms with E-state index in [0.717, 1.165) is 6.07 Å². The Hall–Kier alpha value is -0.960. The summed E-state index contributed by atoms with van der Waals surface area (Å²) in [4.78, 5) is 0. The molecule has 0 aliphatic carbocycles. The average Bonchev–Trinajstić information content (AvgIpc) is 1.83. The molecule has 0 amide bonds. The average molecular weight is 164 g/mol. The third kappa shape index (κ3) is 1.51. The van der Waals surface area contributed by atoms with E-state index >= 15 is 0 Å². The third-order valence-electron chi connectivity index (χ3n) is 1.02. The molecule has 3 N–H and O–H groups in total. The highest BCUT2D eigenvalue weighted by Crippen LogP contribution is 2.21. The zero-order valence-corrected chi connectivity index (χ0v) is 5.86. The molecule has 0 heterocycles. The van der Waals surface area contributed by atoms with Gasteiger partial charge in [-0.25, -0.2) is 4.39 Å². The Balaban J connectivity index is 0.000000810. The summed E-state index contributed by atoms with van der Waals surface area (Å²) in [5, 5.41) is 8.71. The molecule has 0 aliphatic heterocycles. The summed E-state index contributed by atoms with van der Waals surface area (Å²) in [5.74, 6) is -1.16. The van der Waals surface area contributed by atoms with Gasteiger partial charge >= 0.3 is 0 Å². The van der Waals surface area contributed by atoms with Gasteiger partial charge in [0.05, 0.1) is 5.69 Å². The minimum Gasteiger partial charge on any atom is -0.503 e. The molecule has 0 radical (unpaired) electrons. The summed E-state index contributed by atoms with van der Waals surface area (Å²) in [6, 6.07) is 4.01. The number of nitrogen functional groups attached to an aromatic ring is 1. The lowest BCUT2D eigenvalue weighted by Crippen LogP contribution is -1.86. The summed E-state index contributed by atoms with van der Waals surface area (Å²) in [7, 11) is 0. The van der Waals surface area contributed by atoms with Crippen LogP contribution >= 0.6 is 12.4 Å². The van der Waals surface area contributed by atoms with Crippen LogP contribution in [0.5, 0.6) is 5.75 Å². The van der Waals surface area contributed by atoms with Crippen molar-refractivity contribution < 1.29 is 9.50 Å². The monoisotopic (exact) mass is 163 g/mol. The highest BCUT2D eigenvalue weighted by Gasteiger charge is 2.00. The summed E-state index contributed by atoms with van der Waals surface area (Å²) in [6.07, 6.45) is 0. The van der Waals surface area contributed by atoms with Gasteiger partial charge in [0.15, 0.2) is 11.6 Å². The molecule has 1 aromatic carbocycles. The van der Waals surface area contributed by atoms with E-state index in [9.17, 15) is 4.39 Å². The van der Waals surface area contributed by atoms with Crippen LogP contribution in [0.4, 0.5) is 10.1 Å². The van der Waals surface area contributed by atoms with E-state index in [-0.39, 0.29) is 18.1 Å². The fraction of sp³-hybridized carbons (Fsp3) is 0. The molecule has 0 atom stereocenters. The standard InChI is InChI=1S/C6H6FNO.ClH/c7-4-2-1-3-5(8)6(4)9;/h1-3,9H,8H2;1H. The molecule has 0 saturated carbocycles. The molecule has 4 heteroatoms. The van der Waals surface area contributed by atoms with E-state index in [1.165, 1.54) is 12.1 Å². The lowest BCUT2D eigenvalue weighted by molar-refractivity contribution is 0.435. The normalized spacial score (nSPS) is 8.50. The highest BCUT2D eigenvalue weighted by molar-refractivity contribution is 5.85. The lowest BCUT2D eigenvalue weighted by atomic mass is 10.3. The summed E-state index contributed by atoms with van der Waals surface area (Å²) >= 11 is 0. The largest absolute Gasteiger partial charge is 0.503 e. The molecule has 0 fully saturated rings. The predicted octanol–water partition coefficient (Wildman–Crippen LogP) is 1.54. The van der Waals surface area contributed by atoms with Crippen molar-refractivity contribution >= 4 is 18.1 Å². The molecule has 1 rings (SSSR count). The number of halogens is 2. The maximum Gasteiger partial charge on any atom is 0.174 e. The van der Waals surface area contributed by atoms with Gasteiger partial charge in [0.2, 0.25) is 0 Å². The Labute approximate surface area is 63.9 Å². The van der Waals surface area contributed by atoms with Crippen LogP contribution in [0.25, 0.3) is 0 Å². The quantitative estimate of drug-likeness (QED) is 0.450. The van der Waals surface area contributed by atoms with Gasteiger partial charge in [0.25, 0.3) is 0 Å². The Morgan fingerprint density at radius 3 is 2.40 bits per heavy atom. The number of anilines is 1. The first kappa shape index (κ1) is 9.04. The van der Waals surface area contributed by atoms with Gasteiger partial charge in [-0.2, -0.15) is 0 Å². The number of rotatable bonds is 0. The van der Waals surface area contributed by atoms with Gasteiger partial charge in [0, 0.05) is 0 Å².